The number of fused-ring (bicyclic) bond motifs is 1. The van der Waals surface area contributed by atoms with Crippen LogP contribution in [0.3, 0.4) is 0 Å². The molecule has 2 aromatic rings. The fourth-order valence-corrected chi connectivity index (χ4v) is 1.52. The van der Waals surface area contributed by atoms with Crippen LogP contribution in [-0.4, -0.2) is 19.8 Å². The highest BCUT2D eigenvalue weighted by molar-refractivity contribution is 5.94. The first-order valence-corrected chi connectivity index (χ1v) is 5.11. The second-order valence-corrected chi connectivity index (χ2v) is 3.32. The second-order valence-electron chi connectivity index (χ2n) is 3.32. The summed E-state index contributed by atoms with van der Waals surface area (Å²) in [5.74, 6) is 0.0887. The van der Waals surface area contributed by atoms with Crippen molar-refractivity contribution in [2.75, 3.05) is 0 Å². The third-order valence-corrected chi connectivity index (χ3v) is 2.27. The highest BCUT2D eigenvalue weighted by atomic mass is 16.2. The maximum atomic E-state index is 12.1. The zero-order valence-electron chi connectivity index (χ0n) is 9.48. The van der Waals surface area contributed by atoms with Gasteiger partial charge in [-0.1, -0.05) is 19.2 Å². The van der Waals surface area contributed by atoms with E-state index < -0.39 is 11.4 Å². The van der Waals surface area contributed by atoms with Crippen molar-refractivity contribution in [3.05, 3.63) is 70.8 Å². The molecule has 18 heavy (non-hydrogen) atoms. The van der Waals surface area contributed by atoms with Crippen LogP contribution in [0.1, 0.15) is 0 Å². The molecule has 0 fully saturated rings. The normalized spacial score (nSPS) is 11.4. The van der Waals surface area contributed by atoms with Gasteiger partial charge in [0.05, 0.1) is 0 Å². The molecule has 0 aliphatic heterocycles. The van der Waals surface area contributed by atoms with Gasteiger partial charge >= 0.3 is 11.4 Å². The van der Waals surface area contributed by atoms with Crippen molar-refractivity contribution >= 4 is 11.5 Å². The molecule has 2 heterocycles. The molecule has 0 unspecified atom stereocenters. The van der Waals surface area contributed by atoms with Gasteiger partial charge in [-0.25, -0.2) is 14.6 Å². The van der Waals surface area contributed by atoms with E-state index in [4.69, 9.17) is 0 Å². The second kappa shape index (κ2) is 4.62. The fourth-order valence-electron chi connectivity index (χ4n) is 1.52. The summed E-state index contributed by atoms with van der Waals surface area (Å²) in [6.45, 7) is 6.92. The van der Waals surface area contributed by atoms with Crippen LogP contribution in [0.2, 0.25) is 0 Å². The summed E-state index contributed by atoms with van der Waals surface area (Å²) in [5.41, 5.74) is -0.969. The van der Waals surface area contributed by atoms with Gasteiger partial charge in [0.2, 0.25) is 0 Å². The predicted molar refractivity (Wildman–Crippen MR) is 68.9 cm³/mol. The molecular weight excluding hydrogens is 232 g/mol. The number of allylic oxidation sites excluding steroid dienone is 1. The van der Waals surface area contributed by atoms with Gasteiger partial charge < -0.3 is 0 Å². The van der Waals surface area contributed by atoms with Crippen molar-refractivity contribution in [3.8, 4) is 0 Å². The van der Waals surface area contributed by atoms with Gasteiger partial charge in [0, 0.05) is 12.4 Å². The van der Waals surface area contributed by atoms with Crippen molar-refractivity contribution in [2.24, 2.45) is 4.99 Å². The Labute approximate surface area is 102 Å². The van der Waals surface area contributed by atoms with E-state index in [2.05, 4.69) is 23.1 Å². The van der Waals surface area contributed by atoms with Gasteiger partial charge in [-0.05, 0) is 18.2 Å². The zero-order chi connectivity index (χ0) is 13.1. The Bertz CT molecular complexity index is 767. The topological polar surface area (TPSA) is 68.7 Å². The third kappa shape index (κ3) is 1.80. The standard InChI is InChI=1S/C12H10N4O2/c1-3-9(13-4-2)16-11(17)14-10-7-5-6-8-15(10)12(16)18/h3-8H,1-2H2. The van der Waals surface area contributed by atoms with Crippen molar-refractivity contribution in [1.29, 1.82) is 0 Å². The first-order chi connectivity index (χ1) is 8.69. The van der Waals surface area contributed by atoms with Crippen LogP contribution in [0, 0.1) is 0 Å². The number of nitrogens with zero attached hydrogens (tertiary/aromatic N) is 4. The Morgan fingerprint density at radius 1 is 1.33 bits per heavy atom. The molecule has 90 valence electrons. The Hall–Kier alpha value is -2.76. The molecule has 6 heteroatoms. The molecule has 0 bridgehead atoms. The molecule has 2 rings (SSSR count). The highest BCUT2D eigenvalue weighted by Gasteiger charge is 2.09. The van der Waals surface area contributed by atoms with Gasteiger partial charge in [-0.15, -0.1) is 0 Å². The Morgan fingerprint density at radius 3 is 2.78 bits per heavy atom. The average Bonchev–Trinajstić information content (AvgIpc) is 2.37. The first kappa shape index (κ1) is 11.7. The van der Waals surface area contributed by atoms with Crippen molar-refractivity contribution in [2.45, 2.75) is 0 Å². The zero-order valence-corrected chi connectivity index (χ0v) is 9.48. The number of hydrogen-bond acceptors (Lipinski definition) is 4. The Balaban J connectivity index is 2.92. The molecule has 0 aromatic carbocycles. The smallest absolute Gasteiger partial charge is 0.252 e. The average molecular weight is 242 g/mol. The van der Waals surface area contributed by atoms with Gasteiger partial charge in [-0.2, -0.15) is 9.55 Å². The molecule has 0 spiro atoms. The SMILES string of the molecule is C=CN=C(C=C)n1c(=O)nc2ccccn2c1=O. The monoisotopic (exact) mass is 242 g/mol. The molecule has 0 aliphatic rings. The highest BCUT2D eigenvalue weighted by Crippen LogP contribution is 1.92. The lowest BCUT2D eigenvalue weighted by Crippen LogP contribution is -2.42. The Kier molecular flexibility index (Phi) is 3.01. The minimum absolute atomic E-state index is 0.0887. The maximum absolute atomic E-state index is 12.1. The first-order valence-electron chi connectivity index (χ1n) is 5.11. The number of aromatic nitrogens is 3. The van der Waals surface area contributed by atoms with Gasteiger partial charge in [0.25, 0.3) is 0 Å². The molecule has 0 radical (unpaired) electrons. The van der Waals surface area contributed by atoms with Crippen molar-refractivity contribution in [1.82, 2.24) is 14.0 Å². The van der Waals surface area contributed by atoms with E-state index >= 15 is 0 Å². The van der Waals surface area contributed by atoms with E-state index in [1.807, 2.05) is 0 Å². The lowest BCUT2D eigenvalue weighted by Gasteiger charge is -2.05. The summed E-state index contributed by atoms with van der Waals surface area (Å²) in [6, 6.07) is 4.94. The number of hydrogen-bond donors (Lipinski definition) is 0. The van der Waals surface area contributed by atoms with Crippen LogP contribution in [0.4, 0.5) is 0 Å². The number of aliphatic imine (C=N–C) groups is 1. The van der Waals surface area contributed by atoms with Crippen molar-refractivity contribution < 1.29 is 0 Å². The van der Waals surface area contributed by atoms with E-state index in [1.54, 1.807) is 18.2 Å². The minimum atomic E-state index is -0.702. The van der Waals surface area contributed by atoms with Crippen LogP contribution in [0.5, 0.6) is 0 Å². The molecule has 6 nitrogen and oxygen atoms in total. The quantitative estimate of drug-likeness (QED) is 0.566. The van der Waals surface area contributed by atoms with E-state index in [0.29, 0.717) is 0 Å². The summed E-state index contributed by atoms with van der Waals surface area (Å²) < 4.78 is 2.09. The number of rotatable bonds is 2. The molecule has 0 saturated carbocycles. The Morgan fingerprint density at radius 2 is 2.11 bits per heavy atom. The maximum Gasteiger partial charge on any atom is 0.359 e. The molecule has 0 N–H and O–H groups in total. The summed E-state index contributed by atoms with van der Waals surface area (Å²) in [7, 11) is 0. The summed E-state index contributed by atoms with van der Waals surface area (Å²) in [4.78, 5) is 31.6. The van der Waals surface area contributed by atoms with E-state index in [1.165, 1.54) is 22.9 Å². The molecule has 2 aromatic heterocycles. The van der Waals surface area contributed by atoms with E-state index in [-0.39, 0.29) is 11.5 Å². The lowest BCUT2D eigenvalue weighted by molar-refractivity contribution is 0.828. The minimum Gasteiger partial charge on any atom is -0.252 e. The molecule has 0 saturated heterocycles. The largest absolute Gasteiger partial charge is 0.359 e. The van der Waals surface area contributed by atoms with Crippen LogP contribution < -0.4 is 11.4 Å². The molecule has 0 aliphatic carbocycles. The van der Waals surface area contributed by atoms with Gasteiger partial charge in [-0.3, -0.25) is 4.40 Å². The summed E-state index contributed by atoms with van der Waals surface area (Å²) in [6.07, 6.45) is 4.04. The molecule has 0 amide bonds. The molecular formula is C12H10N4O2. The van der Waals surface area contributed by atoms with Crippen LogP contribution in [0.15, 0.2) is 64.4 Å². The number of pyridine rings is 1. The lowest BCUT2D eigenvalue weighted by atomic mass is 10.4. The third-order valence-electron chi connectivity index (χ3n) is 2.27. The van der Waals surface area contributed by atoms with Gasteiger partial charge in [0.1, 0.15) is 11.5 Å². The predicted octanol–water partition coefficient (Wildman–Crippen LogP) is 0.432. The summed E-state index contributed by atoms with van der Waals surface area (Å²) in [5, 5.41) is 0. The fraction of sp³-hybridized carbons (Fsp3) is 0. The van der Waals surface area contributed by atoms with Crippen molar-refractivity contribution in [3.63, 3.8) is 0 Å². The van der Waals surface area contributed by atoms with E-state index in [9.17, 15) is 9.59 Å². The molecule has 0 atom stereocenters. The van der Waals surface area contributed by atoms with E-state index in [0.717, 1.165) is 4.57 Å². The van der Waals surface area contributed by atoms with Crippen LogP contribution >= 0.6 is 0 Å². The van der Waals surface area contributed by atoms with Crippen LogP contribution in [-0.2, 0) is 0 Å². The van der Waals surface area contributed by atoms with Gasteiger partial charge in [0.15, 0.2) is 0 Å². The summed E-state index contributed by atoms with van der Waals surface area (Å²) >= 11 is 0. The van der Waals surface area contributed by atoms with Crippen LogP contribution in [0.25, 0.3) is 5.65 Å².